The van der Waals surface area contributed by atoms with Gasteiger partial charge in [-0.15, -0.1) is 0 Å². The highest BCUT2D eigenvalue weighted by Gasteiger charge is 2.24. The predicted molar refractivity (Wildman–Crippen MR) is 70.3 cm³/mol. The summed E-state index contributed by atoms with van der Waals surface area (Å²) in [4.78, 5) is 0. The van der Waals surface area contributed by atoms with Crippen LogP contribution in [0.1, 0.15) is 22.7 Å². The standard InChI is InChI=1S/C14H14ClNO2/c1-16-12(11-6-8-18-14(11)15)10-4-2-3-9-5-7-17-13(9)10/h2-4,6,8,12,16H,5,7H2,1H3. The zero-order chi connectivity index (χ0) is 12.5. The molecule has 2 aromatic rings. The van der Waals surface area contributed by atoms with Crippen molar-refractivity contribution in [3.05, 3.63) is 52.4 Å². The van der Waals surface area contributed by atoms with Gasteiger partial charge in [0.1, 0.15) is 5.75 Å². The van der Waals surface area contributed by atoms with E-state index < -0.39 is 0 Å². The normalized spacial score (nSPS) is 15.2. The number of hydrogen-bond acceptors (Lipinski definition) is 3. The monoisotopic (exact) mass is 263 g/mol. The first-order valence-electron chi connectivity index (χ1n) is 5.96. The van der Waals surface area contributed by atoms with E-state index in [2.05, 4.69) is 23.5 Å². The molecule has 1 N–H and O–H groups in total. The van der Waals surface area contributed by atoms with E-state index in [9.17, 15) is 0 Å². The molecule has 94 valence electrons. The fourth-order valence-corrected chi connectivity index (χ4v) is 2.68. The van der Waals surface area contributed by atoms with E-state index in [-0.39, 0.29) is 6.04 Å². The number of benzene rings is 1. The first-order chi connectivity index (χ1) is 8.81. The molecule has 1 aliphatic rings. The van der Waals surface area contributed by atoms with Crippen molar-refractivity contribution >= 4 is 11.6 Å². The minimum absolute atomic E-state index is 0.00991. The SMILES string of the molecule is CNC(c1ccoc1Cl)c1cccc2c1OCC2. The Morgan fingerprint density at radius 2 is 2.17 bits per heavy atom. The number of ether oxygens (including phenoxy) is 1. The van der Waals surface area contributed by atoms with Crippen LogP contribution < -0.4 is 10.1 Å². The van der Waals surface area contributed by atoms with Gasteiger partial charge in [0.15, 0.2) is 5.22 Å². The van der Waals surface area contributed by atoms with E-state index in [1.165, 1.54) is 5.56 Å². The van der Waals surface area contributed by atoms with Crippen LogP contribution in [0, 0.1) is 0 Å². The van der Waals surface area contributed by atoms with Gasteiger partial charge in [-0.1, -0.05) is 18.2 Å². The molecule has 0 saturated heterocycles. The molecule has 0 amide bonds. The molecule has 0 radical (unpaired) electrons. The smallest absolute Gasteiger partial charge is 0.198 e. The van der Waals surface area contributed by atoms with Gasteiger partial charge < -0.3 is 14.5 Å². The Balaban J connectivity index is 2.08. The van der Waals surface area contributed by atoms with Crippen LogP contribution in [0.3, 0.4) is 0 Å². The van der Waals surface area contributed by atoms with Crippen LogP contribution in [-0.2, 0) is 6.42 Å². The maximum Gasteiger partial charge on any atom is 0.198 e. The van der Waals surface area contributed by atoms with Crippen LogP contribution >= 0.6 is 11.6 Å². The summed E-state index contributed by atoms with van der Waals surface area (Å²) in [5.41, 5.74) is 3.30. The number of nitrogens with one attached hydrogen (secondary N) is 1. The van der Waals surface area contributed by atoms with Crippen molar-refractivity contribution in [2.24, 2.45) is 0 Å². The predicted octanol–water partition coefficient (Wildman–Crippen LogP) is 3.18. The molecule has 3 rings (SSSR count). The molecule has 1 atom stereocenters. The maximum atomic E-state index is 6.07. The second-order valence-corrected chi connectivity index (χ2v) is 4.65. The minimum Gasteiger partial charge on any atom is -0.493 e. The Bertz CT molecular complexity index is 565. The highest BCUT2D eigenvalue weighted by atomic mass is 35.5. The first-order valence-corrected chi connectivity index (χ1v) is 6.34. The summed E-state index contributed by atoms with van der Waals surface area (Å²) in [5.74, 6) is 0.981. The van der Waals surface area contributed by atoms with Crippen LogP contribution in [0.4, 0.5) is 0 Å². The summed E-state index contributed by atoms with van der Waals surface area (Å²) < 4.78 is 10.9. The first kappa shape index (κ1) is 11.6. The quantitative estimate of drug-likeness (QED) is 0.924. The van der Waals surface area contributed by atoms with Gasteiger partial charge in [0.05, 0.1) is 18.9 Å². The van der Waals surface area contributed by atoms with Crippen LogP contribution in [0.5, 0.6) is 5.75 Å². The number of hydrogen-bond donors (Lipinski definition) is 1. The maximum absolute atomic E-state index is 6.07. The van der Waals surface area contributed by atoms with Gasteiger partial charge in [0.2, 0.25) is 0 Å². The second-order valence-electron chi connectivity index (χ2n) is 4.31. The molecular weight excluding hydrogens is 250 g/mol. The fourth-order valence-electron chi connectivity index (χ4n) is 2.46. The van der Waals surface area contributed by atoms with Gasteiger partial charge in [0, 0.05) is 17.5 Å². The average molecular weight is 264 g/mol. The molecule has 0 fully saturated rings. The Morgan fingerprint density at radius 1 is 1.28 bits per heavy atom. The summed E-state index contributed by atoms with van der Waals surface area (Å²) in [6, 6.07) is 8.10. The largest absolute Gasteiger partial charge is 0.493 e. The van der Waals surface area contributed by atoms with Crippen molar-refractivity contribution < 1.29 is 9.15 Å². The van der Waals surface area contributed by atoms with E-state index in [1.807, 2.05) is 13.1 Å². The van der Waals surface area contributed by atoms with Crippen LogP contribution in [0.2, 0.25) is 5.22 Å². The number of halogens is 1. The molecule has 1 unspecified atom stereocenters. The number of para-hydroxylation sites is 1. The molecular formula is C14H14ClNO2. The van der Waals surface area contributed by atoms with Crippen molar-refractivity contribution in [1.82, 2.24) is 5.32 Å². The third-order valence-corrected chi connectivity index (χ3v) is 3.61. The van der Waals surface area contributed by atoms with E-state index in [0.717, 1.165) is 29.9 Å². The summed E-state index contributed by atoms with van der Waals surface area (Å²) in [6.07, 6.45) is 2.57. The topological polar surface area (TPSA) is 34.4 Å². The molecule has 4 heteroatoms. The highest BCUT2D eigenvalue weighted by Crippen LogP contribution is 2.38. The molecule has 18 heavy (non-hydrogen) atoms. The molecule has 0 saturated carbocycles. The summed E-state index contributed by atoms with van der Waals surface area (Å²) in [6.45, 7) is 0.752. The molecule has 1 aliphatic heterocycles. The fraction of sp³-hybridized carbons (Fsp3) is 0.286. The third kappa shape index (κ3) is 1.80. The van der Waals surface area contributed by atoms with Crippen LogP contribution in [-0.4, -0.2) is 13.7 Å². The van der Waals surface area contributed by atoms with Crippen LogP contribution in [0.25, 0.3) is 0 Å². The van der Waals surface area contributed by atoms with Gasteiger partial charge in [-0.2, -0.15) is 0 Å². The zero-order valence-corrected chi connectivity index (χ0v) is 10.8. The summed E-state index contributed by atoms with van der Waals surface area (Å²) in [5, 5.41) is 3.69. The molecule has 0 spiro atoms. The zero-order valence-electron chi connectivity index (χ0n) is 10.1. The lowest BCUT2D eigenvalue weighted by Gasteiger charge is -2.18. The van der Waals surface area contributed by atoms with Gasteiger partial charge in [-0.3, -0.25) is 0 Å². The van der Waals surface area contributed by atoms with Crippen molar-refractivity contribution in [2.45, 2.75) is 12.5 Å². The lowest BCUT2D eigenvalue weighted by atomic mass is 9.98. The number of fused-ring (bicyclic) bond motifs is 1. The minimum atomic E-state index is -0.00991. The van der Waals surface area contributed by atoms with Crippen molar-refractivity contribution in [2.75, 3.05) is 13.7 Å². The van der Waals surface area contributed by atoms with Gasteiger partial charge in [-0.25, -0.2) is 0 Å². The van der Waals surface area contributed by atoms with Crippen LogP contribution in [0.15, 0.2) is 34.9 Å². The molecule has 3 nitrogen and oxygen atoms in total. The van der Waals surface area contributed by atoms with Crippen molar-refractivity contribution in [1.29, 1.82) is 0 Å². The average Bonchev–Trinajstić information content (AvgIpc) is 3.00. The Kier molecular flexibility index (Phi) is 3.02. The van der Waals surface area contributed by atoms with E-state index in [0.29, 0.717) is 5.22 Å². The van der Waals surface area contributed by atoms with E-state index in [1.54, 1.807) is 6.26 Å². The summed E-state index contributed by atoms with van der Waals surface area (Å²) in [7, 11) is 1.91. The number of rotatable bonds is 3. The molecule has 1 aromatic carbocycles. The van der Waals surface area contributed by atoms with Gasteiger partial charge in [0.25, 0.3) is 0 Å². The molecule has 0 bridgehead atoms. The molecule has 0 aliphatic carbocycles. The lowest BCUT2D eigenvalue weighted by Crippen LogP contribution is -2.18. The van der Waals surface area contributed by atoms with Gasteiger partial charge in [-0.05, 0) is 30.3 Å². The van der Waals surface area contributed by atoms with E-state index in [4.69, 9.17) is 20.8 Å². The Labute approximate surface area is 111 Å². The third-order valence-electron chi connectivity index (χ3n) is 3.30. The van der Waals surface area contributed by atoms with E-state index >= 15 is 0 Å². The molecule has 1 aromatic heterocycles. The number of furan rings is 1. The van der Waals surface area contributed by atoms with Crippen molar-refractivity contribution in [3.63, 3.8) is 0 Å². The molecule has 2 heterocycles. The Morgan fingerprint density at radius 3 is 2.89 bits per heavy atom. The lowest BCUT2D eigenvalue weighted by molar-refractivity contribution is 0.351. The summed E-state index contributed by atoms with van der Waals surface area (Å²) >= 11 is 6.07. The highest BCUT2D eigenvalue weighted by molar-refractivity contribution is 6.29. The second kappa shape index (κ2) is 4.67. The Hall–Kier alpha value is -1.45. The van der Waals surface area contributed by atoms with Crippen molar-refractivity contribution in [3.8, 4) is 5.75 Å². The van der Waals surface area contributed by atoms with Gasteiger partial charge >= 0.3 is 0 Å².